The Hall–Kier alpha value is -1.66. The fourth-order valence-electron chi connectivity index (χ4n) is 3.83. The maximum Gasteiger partial charge on any atom is 0.240 e. The van der Waals surface area contributed by atoms with Gasteiger partial charge in [0.1, 0.15) is 0 Å². The number of benzene rings is 1. The molecule has 3 rings (SSSR count). The molecule has 5 nitrogen and oxygen atoms in total. The van der Waals surface area contributed by atoms with E-state index in [0.717, 1.165) is 36.8 Å². The van der Waals surface area contributed by atoms with E-state index in [1.165, 1.54) is 7.05 Å². The molecular formula is C18H24N2O3S. The highest BCUT2D eigenvalue weighted by atomic mass is 32.2. The highest BCUT2D eigenvalue weighted by Crippen LogP contribution is 2.46. The van der Waals surface area contributed by atoms with Crippen LogP contribution in [-0.2, 0) is 27.8 Å². The first-order chi connectivity index (χ1) is 11.4. The second kappa shape index (κ2) is 6.33. The van der Waals surface area contributed by atoms with E-state index in [9.17, 15) is 13.2 Å². The van der Waals surface area contributed by atoms with Gasteiger partial charge in [0.15, 0.2) is 0 Å². The minimum atomic E-state index is -3.47. The molecule has 1 fully saturated rings. The van der Waals surface area contributed by atoms with E-state index in [1.807, 2.05) is 17.0 Å². The molecule has 1 saturated carbocycles. The number of carbonyl (C=O) groups is 1. The molecule has 1 aliphatic carbocycles. The number of fused-ring (bicyclic) bond motifs is 1. The molecule has 1 amide bonds. The molecule has 1 aromatic carbocycles. The van der Waals surface area contributed by atoms with Crippen molar-refractivity contribution in [3.05, 3.63) is 42.0 Å². The Kier molecular flexibility index (Phi) is 4.53. The molecule has 0 saturated heterocycles. The first-order valence-corrected chi connectivity index (χ1v) is 9.86. The van der Waals surface area contributed by atoms with Gasteiger partial charge in [0.25, 0.3) is 0 Å². The lowest BCUT2D eigenvalue weighted by Crippen LogP contribution is -2.49. The van der Waals surface area contributed by atoms with Gasteiger partial charge in [-0.15, -0.1) is 6.58 Å². The highest BCUT2D eigenvalue weighted by molar-refractivity contribution is 7.89. The minimum Gasteiger partial charge on any atom is -0.338 e. The molecule has 0 bridgehead atoms. The molecule has 0 unspecified atom stereocenters. The maximum absolute atomic E-state index is 13.0. The number of carbonyl (C=O) groups excluding carboxylic acids is 1. The van der Waals surface area contributed by atoms with E-state index in [1.54, 1.807) is 12.1 Å². The molecule has 0 radical (unpaired) electrons. The fraction of sp³-hybridized carbons (Fsp3) is 0.500. The van der Waals surface area contributed by atoms with Crippen LogP contribution in [0.1, 0.15) is 36.8 Å². The van der Waals surface area contributed by atoms with Crippen molar-refractivity contribution in [1.29, 1.82) is 0 Å². The molecule has 1 aromatic rings. The second-order valence-electron chi connectivity index (χ2n) is 6.70. The van der Waals surface area contributed by atoms with Gasteiger partial charge >= 0.3 is 0 Å². The van der Waals surface area contributed by atoms with Gasteiger partial charge < -0.3 is 4.90 Å². The Bertz CT molecular complexity index is 766. The molecule has 2 aliphatic rings. The van der Waals surface area contributed by atoms with Crippen LogP contribution in [-0.4, -0.2) is 32.8 Å². The zero-order chi connectivity index (χ0) is 17.4. The van der Waals surface area contributed by atoms with Crippen LogP contribution in [0.25, 0.3) is 0 Å². The molecule has 130 valence electrons. The smallest absolute Gasteiger partial charge is 0.240 e. The van der Waals surface area contributed by atoms with Crippen LogP contribution in [0.3, 0.4) is 0 Å². The Labute approximate surface area is 143 Å². The van der Waals surface area contributed by atoms with Crippen LogP contribution < -0.4 is 4.72 Å². The van der Waals surface area contributed by atoms with Crippen LogP contribution in [0.5, 0.6) is 0 Å². The van der Waals surface area contributed by atoms with E-state index in [2.05, 4.69) is 11.3 Å². The van der Waals surface area contributed by atoms with E-state index in [0.29, 0.717) is 24.4 Å². The third-order valence-electron chi connectivity index (χ3n) is 5.37. The summed E-state index contributed by atoms with van der Waals surface area (Å²) >= 11 is 0. The van der Waals surface area contributed by atoms with Gasteiger partial charge in [0.05, 0.1) is 10.3 Å². The summed E-state index contributed by atoms with van der Waals surface area (Å²) in [6.45, 7) is 4.85. The number of sulfonamides is 1. The fourth-order valence-corrected chi connectivity index (χ4v) is 4.87. The van der Waals surface area contributed by atoms with Crippen LogP contribution in [0, 0.1) is 5.41 Å². The topological polar surface area (TPSA) is 66.5 Å². The number of hydrogen-bond acceptors (Lipinski definition) is 3. The van der Waals surface area contributed by atoms with Gasteiger partial charge in [-0.25, -0.2) is 13.1 Å². The van der Waals surface area contributed by atoms with Crippen LogP contribution >= 0.6 is 0 Å². The van der Waals surface area contributed by atoms with Crippen molar-refractivity contribution in [2.45, 2.75) is 43.5 Å². The van der Waals surface area contributed by atoms with E-state index in [-0.39, 0.29) is 11.3 Å². The molecule has 24 heavy (non-hydrogen) atoms. The number of amides is 1. The molecule has 0 atom stereocenters. The standard InChI is InChI=1S/C18H24N2O3S/c1-3-9-18(10-5-11-18)17(21)20-12-8-15-14(13-20)6-4-7-16(15)24(22,23)19-2/h3-4,6-7,19H,1,5,8-13H2,2H3. The average Bonchev–Trinajstić information content (AvgIpc) is 2.56. The van der Waals surface area contributed by atoms with Crippen molar-refractivity contribution >= 4 is 15.9 Å². The lowest BCUT2D eigenvalue weighted by Gasteiger charge is -2.44. The Morgan fingerprint density at radius 2 is 2.17 bits per heavy atom. The van der Waals surface area contributed by atoms with Gasteiger partial charge in [-0.3, -0.25) is 4.79 Å². The summed E-state index contributed by atoms with van der Waals surface area (Å²) < 4.78 is 26.8. The summed E-state index contributed by atoms with van der Waals surface area (Å²) in [4.78, 5) is 15.2. The lowest BCUT2D eigenvalue weighted by atomic mass is 9.65. The molecule has 0 spiro atoms. The summed E-state index contributed by atoms with van der Waals surface area (Å²) in [5.41, 5.74) is 1.50. The van der Waals surface area contributed by atoms with Crippen LogP contribution in [0.2, 0.25) is 0 Å². The maximum atomic E-state index is 13.0. The molecule has 0 aromatic heterocycles. The normalized spacial score (nSPS) is 19.3. The summed E-state index contributed by atoms with van der Waals surface area (Å²) in [5, 5.41) is 0. The zero-order valence-corrected chi connectivity index (χ0v) is 14.9. The predicted molar refractivity (Wildman–Crippen MR) is 92.9 cm³/mol. The van der Waals surface area contributed by atoms with Gasteiger partial charge in [0, 0.05) is 13.1 Å². The number of nitrogens with zero attached hydrogens (tertiary/aromatic N) is 1. The summed E-state index contributed by atoms with van der Waals surface area (Å²) in [7, 11) is -2.05. The predicted octanol–water partition coefficient (Wildman–Crippen LogP) is 2.23. The SMILES string of the molecule is C=CCC1(C(=O)N2CCc3c(cccc3S(=O)(=O)NC)C2)CCC1. The van der Waals surface area contributed by atoms with Crippen LogP contribution in [0.4, 0.5) is 0 Å². The van der Waals surface area contributed by atoms with Gasteiger partial charge in [-0.1, -0.05) is 24.6 Å². The van der Waals surface area contributed by atoms with Gasteiger partial charge in [-0.05, 0) is 49.9 Å². The number of nitrogens with one attached hydrogen (secondary N) is 1. The first kappa shape index (κ1) is 17.2. The molecular weight excluding hydrogens is 324 g/mol. The van der Waals surface area contributed by atoms with Crippen molar-refractivity contribution < 1.29 is 13.2 Å². The number of allylic oxidation sites excluding steroid dienone is 1. The van der Waals surface area contributed by atoms with Crippen molar-refractivity contribution in [1.82, 2.24) is 9.62 Å². The lowest BCUT2D eigenvalue weighted by molar-refractivity contribution is -0.148. The summed E-state index contributed by atoms with van der Waals surface area (Å²) in [5.74, 6) is 0.196. The highest BCUT2D eigenvalue weighted by Gasteiger charge is 2.45. The van der Waals surface area contributed by atoms with Crippen molar-refractivity contribution in [2.24, 2.45) is 5.41 Å². The quantitative estimate of drug-likeness (QED) is 0.830. The van der Waals surface area contributed by atoms with Crippen molar-refractivity contribution in [3.8, 4) is 0 Å². The zero-order valence-electron chi connectivity index (χ0n) is 14.0. The molecule has 1 heterocycles. The summed E-state index contributed by atoms with van der Waals surface area (Å²) in [6.07, 6.45) is 6.08. The largest absolute Gasteiger partial charge is 0.338 e. The summed E-state index contributed by atoms with van der Waals surface area (Å²) in [6, 6.07) is 5.30. The van der Waals surface area contributed by atoms with E-state index < -0.39 is 10.0 Å². The van der Waals surface area contributed by atoms with E-state index >= 15 is 0 Å². The van der Waals surface area contributed by atoms with Crippen molar-refractivity contribution in [3.63, 3.8) is 0 Å². The minimum absolute atomic E-state index is 0.196. The molecule has 1 aliphatic heterocycles. The third kappa shape index (κ3) is 2.78. The van der Waals surface area contributed by atoms with Crippen molar-refractivity contribution in [2.75, 3.05) is 13.6 Å². The first-order valence-electron chi connectivity index (χ1n) is 8.38. The Morgan fingerprint density at radius 3 is 2.75 bits per heavy atom. The molecule has 1 N–H and O–H groups in total. The number of hydrogen-bond donors (Lipinski definition) is 1. The van der Waals surface area contributed by atoms with Gasteiger partial charge in [-0.2, -0.15) is 0 Å². The Balaban J connectivity index is 1.87. The monoisotopic (exact) mass is 348 g/mol. The third-order valence-corrected chi connectivity index (χ3v) is 6.87. The second-order valence-corrected chi connectivity index (χ2v) is 8.56. The average molecular weight is 348 g/mol. The van der Waals surface area contributed by atoms with E-state index in [4.69, 9.17) is 0 Å². The molecule has 6 heteroatoms. The van der Waals surface area contributed by atoms with Crippen LogP contribution in [0.15, 0.2) is 35.7 Å². The Morgan fingerprint density at radius 1 is 1.42 bits per heavy atom. The van der Waals surface area contributed by atoms with Gasteiger partial charge in [0.2, 0.25) is 15.9 Å². The number of rotatable bonds is 5.